The van der Waals surface area contributed by atoms with Crippen LogP contribution in [0.15, 0.2) is 35.3 Å². The molecule has 0 unspecified atom stereocenters. The number of hydrogen-bond donors (Lipinski definition) is 4. The predicted octanol–water partition coefficient (Wildman–Crippen LogP) is 2.69. The van der Waals surface area contributed by atoms with E-state index in [2.05, 4.69) is 25.6 Å². The average molecular weight is 546 g/mol. The number of imidazole rings is 1. The molecule has 0 radical (unpaired) electrons. The number of aromatic nitrogens is 2. The molecule has 11 nitrogen and oxygen atoms in total. The first-order chi connectivity index (χ1) is 19.4. The third-order valence-corrected chi connectivity index (χ3v) is 8.05. The van der Waals surface area contributed by atoms with Crippen molar-refractivity contribution < 1.29 is 19.1 Å². The van der Waals surface area contributed by atoms with Gasteiger partial charge < -0.3 is 35.1 Å². The second-order valence-electron chi connectivity index (χ2n) is 10.9. The van der Waals surface area contributed by atoms with E-state index in [1.165, 1.54) is 0 Å². The molecule has 40 heavy (non-hydrogen) atoms. The van der Waals surface area contributed by atoms with Gasteiger partial charge >= 0.3 is 6.03 Å². The molecule has 1 aromatic heterocycles. The van der Waals surface area contributed by atoms with E-state index in [-0.39, 0.29) is 30.4 Å². The normalized spacial score (nSPS) is 18.4. The molecule has 0 spiro atoms. The van der Waals surface area contributed by atoms with Gasteiger partial charge in [-0.3, -0.25) is 9.59 Å². The van der Waals surface area contributed by atoms with Gasteiger partial charge in [-0.15, -0.1) is 0 Å². The fraction of sp³-hybridized carbons (Fsp3) is 0.448. The number of amides is 4. The van der Waals surface area contributed by atoms with E-state index >= 15 is 0 Å². The molecule has 4 amide bonds. The lowest BCUT2D eigenvalue weighted by Crippen LogP contribution is -2.51. The number of hydrogen-bond acceptors (Lipinski definition) is 5. The lowest BCUT2D eigenvalue weighted by atomic mass is 10.0. The Hall–Kier alpha value is -4.28. The molecule has 0 atom stereocenters. The summed E-state index contributed by atoms with van der Waals surface area (Å²) in [6.45, 7) is 3.57. The van der Waals surface area contributed by atoms with Gasteiger partial charge in [0.1, 0.15) is 5.75 Å². The maximum absolute atomic E-state index is 13.0. The topological polar surface area (TPSA) is 135 Å². The molecule has 210 valence electrons. The summed E-state index contributed by atoms with van der Waals surface area (Å²) in [6, 6.07) is 9.62. The molecule has 3 heterocycles. The van der Waals surface area contributed by atoms with E-state index in [1.807, 2.05) is 36.1 Å². The number of carbonyl (C=O) groups is 3. The molecule has 3 aliphatic rings. The predicted molar refractivity (Wildman–Crippen MR) is 150 cm³/mol. The first-order valence-electron chi connectivity index (χ1n) is 13.9. The molecule has 2 fully saturated rings. The van der Waals surface area contributed by atoms with Crippen molar-refractivity contribution in [2.24, 2.45) is 4.99 Å². The van der Waals surface area contributed by atoms with Gasteiger partial charge in [-0.1, -0.05) is 0 Å². The van der Waals surface area contributed by atoms with Crippen molar-refractivity contribution >= 4 is 34.6 Å². The third-order valence-electron chi connectivity index (χ3n) is 8.05. The summed E-state index contributed by atoms with van der Waals surface area (Å²) in [6.07, 6.45) is 4.35. The molecule has 1 saturated heterocycles. The van der Waals surface area contributed by atoms with Crippen LogP contribution in [0.3, 0.4) is 0 Å². The minimum atomic E-state index is -0.291. The standard InChI is InChI=1S/C29H35N7O4/c1-17-13-19(15-24-26(17)34-28(32-24)31-20-3-4-20)27(38)30-16-25(37)35-10-8-21(9-11-35)36-12-7-18-14-22(40-2)5-6-23(18)33-29(36)39/h5-6,13-15,20-21H,3-4,7-12,16H2,1-2H3,(H,30,38)(H,33,39)(H2,31,32,34). The zero-order valence-electron chi connectivity index (χ0n) is 22.9. The molecule has 1 saturated carbocycles. The van der Waals surface area contributed by atoms with Crippen LogP contribution in [-0.4, -0.2) is 83.0 Å². The number of fused-ring (bicyclic) bond motifs is 2. The number of anilines is 1. The van der Waals surface area contributed by atoms with Crippen molar-refractivity contribution in [3.8, 4) is 5.75 Å². The fourth-order valence-electron chi connectivity index (χ4n) is 5.61. The highest BCUT2D eigenvalue weighted by atomic mass is 16.5. The second-order valence-corrected chi connectivity index (χ2v) is 10.9. The first-order valence-corrected chi connectivity index (χ1v) is 13.9. The van der Waals surface area contributed by atoms with Crippen LogP contribution in [0.2, 0.25) is 0 Å². The average Bonchev–Trinajstić information content (AvgIpc) is 3.71. The summed E-state index contributed by atoms with van der Waals surface area (Å²) in [7, 11) is 1.63. The number of nitrogens with zero attached hydrogens (tertiary/aromatic N) is 3. The Bertz CT molecular complexity index is 1530. The maximum Gasteiger partial charge on any atom is 0.322 e. The number of carbonyl (C=O) groups excluding carboxylic acids is 3. The molecule has 11 heteroatoms. The summed E-state index contributed by atoms with van der Waals surface area (Å²) in [5.74, 6) is 0.358. The summed E-state index contributed by atoms with van der Waals surface area (Å²) in [5.41, 5.74) is 5.76. The van der Waals surface area contributed by atoms with E-state index in [4.69, 9.17) is 4.74 Å². The maximum atomic E-state index is 13.0. The van der Waals surface area contributed by atoms with E-state index in [1.54, 1.807) is 18.1 Å². The molecular formula is C29H35N7O4. The van der Waals surface area contributed by atoms with Crippen LogP contribution in [0.25, 0.3) is 11.0 Å². The van der Waals surface area contributed by atoms with Crippen LogP contribution < -0.4 is 21.0 Å². The summed E-state index contributed by atoms with van der Waals surface area (Å²) in [5, 5.41) is 5.81. The molecule has 2 aromatic carbocycles. The van der Waals surface area contributed by atoms with Gasteiger partial charge in [0.2, 0.25) is 11.5 Å². The number of nitrogens with one attached hydrogen (secondary N) is 4. The van der Waals surface area contributed by atoms with Crippen LogP contribution >= 0.6 is 0 Å². The molecule has 0 bridgehead atoms. The van der Waals surface area contributed by atoms with Gasteiger partial charge in [-0.05, 0) is 80.5 Å². The van der Waals surface area contributed by atoms with E-state index in [0.29, 0.717) is 44.1 Å². The Morgan fingerprint density at radius 3 is 2.62 bits per heavy atom. The monoisotopic (exact) mass is 545 g/mol. The van der Waals surface area contributed by atoms with Gasteiger partial charge in [0.15, 0.2) is 0 Å². The quantitative estimate of drug-likeness (QED) is 0.379. The minimum Gasteiger partial charge on any atom is -0.497 e. The van der Waals surface area contributed by atoms with E-state index in [0.717, 1.165) is 58.5 Å². The zero-order chi connectivity index (χ0) is 27.8. The molecule has 6 rings (SSSR count). The number of piperidine rings is 1. The SMILES string of the molecule is COc1ccc2c(c1)CCN(C1CCN(C(=O)CNC(=O)c3cc(C)c4[nH]/c(=N/C5CC5)[nH]c4c3)CC1)C(=O)N2. The molecule has 3 aromatic rings. The van der Waals surface area contributed by atoms with Gasteiger partial charge in [0.25, 0.3) is 5.91 Å². The van der Waals surface area contributed by atoms with Crippen LogP contribution in [0.1, 0.15) is 47.2 Å². The van der Waals surface area contributed by atoms with Crippen molar-refractivity contribution in [3.05, 3.63) is 52.6 Å². The minimum absolute atomic E-state index is 0.0543. The van der Waals surface area contributed by atoms with Crippen LogP contribution in [-0.2, 0) is 11.2 Å². The number of likely N-dealkylation sites (tertiary alicyclic amines) is 1. The number of ether oxygens (including phenoxy) is 1. The van der Waals surface area contributed by atoms with Crippen molar-refractivity contribution in [1.29, 1.82) is 0 Å². The van der Waals surface area contributed by atoms with E-state index in [9.17, 15) is 14.4 Å². The van der Waals surface area contributed by atoms with Gasteiger partial charge in [0.05, 0.1) is 30.7 Å². The highest BCUT2D eigenvalue weighted by Crippen LogP contribution is 2.28. The Kier molecular flexibility index (Phi) is 6.95. The van der Waals surface area contributed by atoms with Gasteiger partial charge in [-0.2, -0.15) is 0 Å². The van der Waals surface area contributed by atoms with Crippen molar-refractivity contribution in [3.63, 3.8) is 0 Å². The third kappa shape index (κ3) is 5.41. The van der Waals surface area contributed by atoms with Crippen LogP contribution in [0, 0.1) is 6.92 Å². The summed E-state index contributed by atoms with van der Waals surface area (Å²) < 4.78 is 5.33. The van der Waals surface area contributed by atoms with Crippen LogP contribution in [0.4, 0.5) is 10.5 Å². The molecule has 4 N–H and O–H groups in total. The molecular weight excluding hydrogens is 510 g/mol. The van der Waals surface area contributed by atoms with Crippen molar-refractivity contribution in [2.45, 2.75) is 51.1 Å². The summed E-state index contributed by atoms with van der Waals surface area (Å²) >= 11 is 0. The van der Waals surface area contributed by atoms with Crippen molar-refractivity contribution in [1.82, 2.24) is 25.1 Å². The van der Waals surface area contributed by atoms with Gasteiger partial charge in [-0.25, -0.2) is 9.79 Å². The zero-order valence-corrected chi connectivity index (χ0v) is 22.9. The molecule has 2 aliphatic heterocycles. The smallest absolute Gasteiger partial charge is 0.322 e. The number of H-pyrrole nitrogens is 2. The number of methoxy groups -OCH3 is 1. The Morgan fingerprint density at radius 2 is 1.88 bits per heavy atom. The second kappa shape index (κ2) is 10.7. The first kappa shape index (κ1) is 26.0. The highest BCUT2D eigenvalue weighted by Gasteiger charge is 2.31. The Labute approximate surface area is 232 Å². The molecule has 1 aliphatic carbocycles. The van der Waals surface area contributed by atoms with Crippen molar-refractivity contribution in [2.75, 3.05) is 38.6 Å². The van der Waals surface area contributed by atoms with Crippen LogP contribution in [0.5, 0.6) is 5.75 Å². The fourth-order valence-corrected chi connectivity index (χ4v) is 5.61. The number of aryl methyl sites for hydroxylation is 1. The van der Waals surface area contributed by atoms with Gasteiger partial charge in [0, 0.05) is 36.9 Å². The lowest BCUT2D eigenvalue weighted by Gasteiger charge is -2.38. The highest BCUT2D eigenvalue weighted by molar-refractivity contribution is 5.99. The number of rotatable bonds is 6. The Balaban J connectivity index is 1.02. The lowest BCUT2D eigenvalue weighted by molar-refractivity contribution is -0.131. The van der Waals surface area contributed by atoms with E-state index < -0.39 is 0 Å². The summed E-state index contributed by atoms with van der Waals surface area (Å²) in [4.78, 5) is 53.6. The number of urea groups is 1. The largest absolute Gasteiger partial charge is 0.497 e. The number of benzene rings is 2. The number of aromatic amines is 2. The Morgan fingerprint density at radius 1 is 1.07 bits per heavy atom.